The number of aromatic nitrogens is 4. The van der Waals surface area contributed by atoms with Crippen LogP contribution in [0.1, 0.15) is 12.8 Å². The van der Waals surface area contributed by atoms with E-state index >= 15 is 0 Å². The Bertz CT molecular complexity index is 1010. The Balaban J connectivity index is 1.37. The average Bonchev–Trinajstić information content (AvgIpc) is 3.32. The number of nitrogens with one attached hydrogen (secondary N) is 1. The molecule has 0 bridgehead atoms. The van der Waals surface area contributed by atoms with Crippen LogP contribution in [0.15, 0.2) is 52.1 Å². The third-order valence-corrected chi connectivity index (χ3v) is 6.40. The van der Waals surface area contributed by atoms with Crippen LogP contribution in [0.5, 0.6) is 0 Å². The molecule has 10 heteroatoms. The molecule has 1 aliphatic heterocycles. The van der Waals surface area contributed by atoms with Crippen molar-refractivity contribution in [1.29, 1.82) is 0 Å². The summed E-state index contributed by atoms with van der Waals surface area (Å²) < 4.78 is 33.5. The van der Waals surface area contributed by atoms with Crippen LogP contribution >= 0.6 is 0 Å². The van der Waals surface area contributed by atoms with Gasteiger partial charge in [-0.1, -0.05) is 18.2 Å². The summed E-state index contributed by atoms with van der Waals surface area (Å²) in [6.45, 7) is 0.858. The van der Waals surface area contributed by atoms with E-state index in [1.165, 1.54) is 21.4 Å². The van der Waals surface area contributed by atoms with Gasteiger partial charge in [-0.2, -0.15) is 14.4 Å². The van der Waals surface area contributed by atoms with Crippen LogP contribution < -0.4 is 5.32 Å². The maximum Gasteiger partial charge on any atom is 0.263 e. The number of rotatable bonds is 5. The van der Waals surface area contributed by atoms with E-state index in [0.29, 0.717) is 37.8 Å². The molecule has 0 spiro atoms. The van der Waals surface area contributed by atoms with Gasteiger partial charge in [-0.05, 0) is 30.1 Å². The molecule has 0 aliphatic carbocycles. The van der Waals surface area contributed by atoms with Gasteiger partial charge < -0.3 is 9.84 Å². The van der Waals surface area contributed by atoms with E-state index in [2.05, 4.69) is 20.6 Å². The Morgan fingerprint density at radius 2 is 1.93 bits per heavy atom. The number of hydrogen-bond acceptors (Lipinski definition) is 7. The number of benzene rings is 1. The summed E-state index contributed by atoms with van der Waals surface area (Å²) in [5, 5.41) is 11.1. The molecular formula is C17H20N6O3S. The van der Waals surface area contributed by atoms with Gasteiger partial charge in [0.25, 0.3) is 11.8 Å². The molecule has 1 saturated heterocycles. The van der Waals surface area contributed by atoms with Gasteiger partial charge in [-0.25, -0.2) is 8.42 Å². The highest BCUT2D eigenvalue weighted by molar-refractivity contribution is 7.89. The second-order valence-electron chi connectivity index (χ2n) is 6.46. The minimum Gasteiger partial charge on any atom is -0.349 e. The van der Waals surface area contributed by atoms with Crippen molar-refractivity contribution in [3.63, 3.8) is 0 Å². The summed E-state index contributed by atoms with van der Waals surface area (Å²) in [7, 11) is -1.80. The van der Waals surface area contributed by atoms with Gasteiger partial charge >= 0.3 is 0 Å². The third-order valence-electron chi connectivity index (χ3n) is 4.55. The summed E-state index contributed by atoms with van der Waals surface area (Å²) in [6.07, 6.45) is 4.22. The van der Waals surface area contributed by atoms with Crippen LogP contribution in [-0.2, 0) is 17.1 Å². The highest BCUT2D eigenvalue weighted by Crippen LogP contribution is 2.23. The molecule has 1 fully saturated rings. The predicted octanol–water partition coefficient (Wildman–Crippen LogP) is 1.74. The number of piperidine rings is 1. The quantitative estimate of drug-likeness (QED) is 0.709. The molecule has 0 saturated carbocycles. The second-order valence-corrected chi connectivity index (χ2v) is 8.40. The van der Waals surface area contributed by atoms with E-state index in [9.17, 15) is 8.42 Å². The van der Waals surface area contributed by atoms with Crippen LogP contribution in [-0.4, -0.2) is 51.8 Å². The van der Waals surface area contributed by atoms with E-state index in [1.54, 1.807) is 7.05 Å². The van der Waals surface area contributed by atoms with Crippen LogP contribution in [0, 0.1) is 0 Å². The smallest absolute Gasteiger partial charge is 0.263 e. The molecule has 9 nitrogen and oxygen atoms in total. The van der Waals surface area contributed by atoms with E-state index in [1.807, 2.05) is 30.3 Å². The first-order valence-corrected chi connectivity index (χ1v) is 10.1. The molecule has 3 aromatic rings. The standard InChI is InChI=1S/C17H20N6O3S/c1-22-12-15(11-18-22)27(24,25)23-9-7-14(8-10-23)19-17-20-16(26-21-17)13-5-3-2-4-6-13/h2-6,11-12,14H,7-10H2,1H3,(H,19,21). The van der Waals surface area contributed by atoms with Crippen LogP contribution in [0.25, 0.3) is 11.5 Å². The molecule has 2 aromatic heterocycles. The van der Waals surface area contributed by atoms with Gasteiger partial charge in [-0.15, -0.1) is 0 Å². The molecule has 1 N–H and O–H groups in total. The van der Waals surface area contributed by atoms with Crippen molar-refractivity contribution in [2.24, 2.45) is 7.05 Å². The molecule has 1 aliphatic rings. The van der Waals surface area contributed by atoms with Crippen LogP contribution in [0.4, 0.5) is 5.95 Å². The van der Waals surface area contributed by atoms with Crippen molar-refractivity contribution in [1.82, 2.24) is 24.2 Å². The number of anilines is 1. The highest BCUT2D eigenvalue weighted by atomic mass is 32.2. The lowest BCUT2D eigenvalue weighted by atomic mass is 10.1. The Morgan fingerprint density at radius 1 is 1.19 bits per heavy atom. The lowest BCUT2D eigenvalue weighted by Gasteiger charge is -2.30. The zero-order valence-corrected chi connectivity index (χ0v) is 15.6. The second kappa shape index (κ2) is 7.12. The van der Waals surface area contributed by atoms with Gasteiger partial charge in [0, 0.05) is 37.9 Å². The molecule has 3 heterocycles. The van der Waals surface area contributed by atoms with Gasteiger partial charge in [0.1, 0.15) is 4.90 Å². The number of aryl methyl sites for hydroxylation is 1. The highest BCUT2D eigenvalue weighted by Gasteiger charge is 2.30. The molecular weight excluding hydrogens is 368 g/mol. The monoisotopic (exact) mass is 388 g/mol. The van der Waals surface area contributed by atoms with Crippen molar-refractivity contribution in [2.75, 3.05) is 18.4 Å². The van der Waals surface area contributed by atoms with Crippen molar-refractivity contribution in [2.45, 2.75) is 23.8 Å². The summed E-state index contributed by atoms with van der Waals surface area (Å²) in [5.74, 6) is 0.872. The summed E-state index contributed by atoms with van der Waals surface area (Å²) >= 11 is 0. The topological polar surface area (TPSA) is 106 Å². The number of sulfonamides is 1. The molecule has 0 atom stereocenters. The molecule has 142 valence electrons. The summed E-state index contributed by atoms with van der Waals surface area (Å²) in [4.78, 5) is 4.59. The Morgan fingerprint density at radius 3 is 2.59 bits per heavy atom. The van der Waals surface area contributed by atoms with Gasteiger partial charge in [0.15, 0.2) is 0 Å². The third kappa shape index (κ3) is 3.71. The van der Waals surface area contributed by atoms with E-state index in [-0.39, 0.29) is 10.9 Å². The van der Waals surface area contributed by atoms with Crippen molar-refractivity contribution in [3.8, 4) is 11.5 Å². The van der Waals surface area contributed by atoms with E-state index < -0.39 is 10.0 Å². The summed E-state index contributed by atoms with van der Waals surface area (Å²) in [6, 6.07) is 9.63. The van der Waals surface area contributed by atoms with Gasteiger partial charge in [0.05, 0.1) is 6.20 Å². The predicted molar refractivity (Wildman–Crippen MR) is 98.3 cm³/mol. The van der Waals surface area contributed by atoms with Crippen LogP contribution in [0.3, 0.4) is 0 Å². The molecule has 0 unspecified atom stereocenters. The first-order chi connectivity index (χ1) is 13.0. The Hall–Kier alpha value is -2.72. The largest absolute Gasteiger partial charge is 0.349 e. The van der Waals surface area contributed by atoms with Crippen molar-refractivity contribution >= 4 is 16.0 Å². The fourth-order valence-corrected chi connectivity index (χ4v) is 4.54. The molecule has 1 aromatic carbocycles. The SMILES string of the molecule is Cn1cc(S(=O)(=O)N2CCC(Nc3noc(-c4ccccc4)n3)CC2)cn1. The molecule has 27 heavy (non-hydrogen) atoms. The maximum absolute atomic E-state index is 12.6. The van der Waals surface area contributed by atoms with Crippen LogP contribution in [0.2, 0.25) is 0 Å². The minimum atomic E-state index is -3.50. The molecule has 0 amide bonds. The first kappa shape index (κ1) is 17.7. The first-order valence-electron chi connectivity index (χ1n) is 8.67. The number of hydrogen-bond donors (Lipinski definition) is 1. The zero-order chi connectivity index (χ0) is 18.9. The molecule has 0 radical (unpaired) electrons. The lowest BCUT2D eigenvalue weighted by Crippen LogP contribution is -2.42. The zero-order valence-electron chi connectivity index (χ0n) is 14.8. The minimum absolute atomic E-state index is 0.0894. The number of nitrogens with zero attached hydrogens (tertiary/aromatic N) is 5. The summed E-state index contributed by atoms with van der Waals surface area (Å²) in [5.41, 5.74) is 0.857. The van der Waals surface area contributed by atoms with Gasteiger partial charge in [0.2, 0.25) is 10.0 Å². The van der Waals surface area contributed by atoms with E-state index in [0.717, 1.165) is 5.56 Å². The maximum atomic E-state index is 12.6. The molecule has 4 rings (SSSR count). The van der Waals surface area contributed by atoms with E-state index in [4.69, 9.17) is 4.52 Å². The lowest BCUT2D eigenvalue weighted by molar-refractivity contribution is 0.328. The average molecular weight is 388 g/mol. The Labute approximate surface area is 157 Å². The van der Waals surface area contributed by atoms with Gasteiger partial charge in [-0.3, -0.25) is 4.68 Å². The van der Waals surface area contributed by atoms with Crippen molar-refractivity contribution < 1.29 is 12.9 Å². The van der Waals surface area contributed by atoms with Crippen molar-refractivity contribution in [3.05, 3.63) is 42.7 Å². The Kier molecular flexibility index (Phi) is 4.66. The normalized spacial score (nSPS) is 16.5. The fraction of sp³-hybridized carbons (Fsp3) is 0.353. The fourth-order valence-electron chi connectivity index (χ4n) is 3.08.